The van der Waals surface area contributed by atoms with E-state index in [1.807, 2.05) is 0 Å². The zero-order chi connectivity index (χ0) is 19.2. The molecule has 0 aliphatic carbocycles. The van der Waals surface area contributed by atoms with Crippen molar-refractivity contribution in [3.63, 3.8) is 0 Å². The molecule has 0 atom stereocenters. The molecule has 1 aromatic heterocycles. The predicted molar refractivity (Wildman–Crippen MR) is 96.6 cm³/mol. The molecular formula is C16H13ClFN3O4S. The Balaban J connectivity index is 2.15. The Morgan fingerprint density at radius 3 is 2.19 bits per heavy atom. The zero-order valence-electron chi connectivity index (χ0n) is 13.7. The average Bonchev–Trinajstić information content (AvgIpc) is 2.60. The molecule has 0 amide bonds. The molecule has 26 heavy (non-hydrogen) atoms. The number of aryl methyl sites for hydroxylation is 2. The highest BCUT2D eigenvalue weighted by Gasteiger charge is 2.19. The van der Waals surface area contributed by atoms with Crippen molar-refractivity contribution in [1.29, 1.82) is 0 Å². The summed E-state index contributed by atoms with van der Waals surface area (Å²) in [6.07, 6.45) is 0. The second-order valence-electron chi connectivity index (χ2n) is 5.61. The van der Waals surface area contributed by atoms with E-state index >= 15 is 0 Å². The van der Waals surface area contributed by atoms with Gasteiger partial charge in [0.15, 0.2) is 0 Å². The monoisotopic (exact) mass is 397 g/mol. The van der Waals surface area contributed by atoms with Gasteiger partial charge in [-0.05, 0) is 36.4 Å². The highest BCUT2D eigenvalue weighted by molar-refractivity contribution is 7.92. The first-order chi connectivity index (χ1) is 12.1. The van der Waals surface area contributed by atoms with Crippen molar-refractivity contribution < 1.29 is 12.8 Å². The molecule has 1 N–H and O–H groups in total. The number of aromatic nitrogens is 2. The van der Waals surface area contributed by atoms with E-state index in [9.17, 15) is 22.4 Å². The van der Waals surface area contributed by atoms with Crippen LogP contribution in [-0.4, -0.2) is 17.6 Å². The van der Waals surface area contributed by atoms with Crippen molar-refractivity contribution in [2.75, 3.05) is 4.72 Å². The van der Waals surface area contributed by atoms with Crippen LogP contribution >= 0.6 is 11.6 Å². The molecule has 0 saturated carbocycles. The van der Waals surface area contributed by atoms with Gasteiger partial charge >= 0.3 is 11.1 Å². The van der Waals surface area contributed by atoms with Crippen molar-refractivity contribution in [3.8, 4) is 0 Å². The largest absolute Gasteiger partial charge is 0.316 e. The number of fused-ring (bicyclic) bond motifs is 1. The van der Waals surface area contributed by atoms with Crippen molar-refractivity contribution in [2.24, 2.45) is 14.1 Å². The van der Waals surface area contributed by atoms with Crippen molar-refractivity contribution >= 4 is 38.3 Å². The number of hydrogen-bond acceptors (Lipinski definition) is 4. The Morgan fingerprint density at radius 1 is 0.962 bits per heavy atom. The highest BCUT2D eigenvalue weighted by atomic mass is 35.5. The topological polar surface area (TPSA) is 90.2 Å². The zero-order valence-corrected chi connectivity index (χ0v) is 15.2. The molecule has 7 nitrogen and oxygen atoms in total. The lowest BCUT2D eigenvalue weighted by atomic mass is 10.3. The molecule has 3 rings (SSSR count). The van der Waals surface area contributed by atoms with Crippen LogP contribution < -0.4 is 15.8 Å². The summed E-state index contributed by atoms with van der Waals surface area (Å²) in [5.74, 6) is -0.823. The summed E-state index contributed by atoms with van der Waals surface area (Å²) in [4.78, 5) is 23.6. The summed E-state index contributed by atoms with van der Waals surface area (Å²) in [5.41, 5.74) is -1.14. The van der Waals surface area contributed by atoms with E-state index in [-0.39, 0.29) is 21.1 Å². The third kappa shape index (κ3) is 2.99. The fraction of sp³-hybridized carbons (Fsp3) is 0.125. The lowest BCUT2D eigenvalue weighted by Crippen LogP contribution is -2.39. The van der Waals surface area contributed by atoms with Gasteiger partial charge in [-0.15, -0.1) is 0 Å². The Hall–Kier alpha value is -2.65. The van der Waals surface area contributed by atoms with Gasteiger partial charge in [-0.1, -0.05) is 11.6 Å². The van der Waals surface area contributed by atoms with E-state index in [0.29, 0.717) is 5.52 Å². The summed E-state index contributed by atoms with van der Waals surface area (Å²) in [5, 5.41) is 0.132. The van der Waals surface area contributed by atoms with Crippen LogP contribution in [0.3, 0.4) is 0 Å². The molecule has 0 aliphatic rings. The van der Waals surface area contributed by atoms with E-state index in [1.165, 1.54) is 44.4 Å². The first-order valence-corrected chi connectivity index (χ1v) is 9.15. The second kappa shape index (κ2) is 6.26. The maximum atomic E-state index is 13.9. The van der Waals surface area contributed by atoms with E-state index in [0.717, 1.165) is 15.2 Å². The number of hydrogen-bond donors (Lipinski definition) is 1. The van der Waals surface area contributed by atoms with Crippen LogP contribution in [0.1, 0.15) is 0 Å². The van der Waals surface area contributed by atoms with Gasteiger partial charge in [0.25, 0.3) is 10.0 Å². The van der Waals surface area contributed by atoms with Gasteiger partial charge in [-0.2, -0.15) is 0 Å². The third-order valence-corrected chi connectivity index (χ3v) is 5.55. The summed E-state index contributed by atoms with van der Waals surface area (Å²) in [6.45, 7) is 0. The minimum atomic E-state index is -4.13. The minimum absolute atomic E-state index is 0.132. The van der Waals surface area contributed by atoms with Crippen LogP contribution in [0.15, 0.2) is 50.9 Å². The minimum Gasteiger partial charge on any atom is -0.305 e. The van der Waals surface area contributed by atoms with Crippen molar-refractivity contribution in [2.45, 2.75) is 4.90 Å². The quantitative estimate of drug-likeness (QED) is 0.683. The van der Waals surface area contributed by atoms with Crippen LogP contribution in [-0.2, 0) is 24.1 Å². The number of sulfonamides is 1. The first kappa shape index (κ1) is 18.2. The molecule has 0 aliphatic heterocycles. The number of benzene rings is 2. The van der Waals surface area contributed by atoms with Gasteiger partial charge < -0.3 is 9.13 Å². The molecule has 0 saturated heterocycles. The number of nitrogens with zero attached hydrogens (tertiary/aromatic N) is 2. The maximum absolute atomic E-state index is 13.9. The van der Waals surface area contributed by atoms with Gasteiger partial charge in [0.1, 0.15) is 5.82 Å². The number of halogens is 2. The van der Waals surface area contributed by atoms with Gasteiger partial charge in [0.05, 0.1) is 21.6 Å². The Bertz CT molecular complexity index is 1260. The van der Waals surface area contributed by atoms with Crippen LogP contribution in [0.5, 0.6) is 0 Å². The summed E-state index contributed by atoms with van der Waals surface area (Å²) in [6, 6.07) is 7.45. The number of rotatable bonds is 3. The molecule has 0 bridgehead atoms. The summed E-state index contributed by atoms with van der Waals surface area (Å²) in [7, 11) is -1.34. The second-order valence-corrected chi connectivity index (χ2v) is 7.73. The van der Waals surface area contributed by atoms with Crippen LogP contribution in [0.4, 0.5) is 10.1 Å². The SMILES string of the molecule is Cn1c(=O)c(=O)n(C)c2cc(S(=O)(=O)Nc3ccc(Cl)cc3F)ccc21. The predicted octanol–water partition coefficient (Wildman–Crippen LogP) is 1.83. The standard InChI is InChI=1S/C16H13ClFN3O4S/c1-20-13-6-4-10(8-14(13)21(2)16(23)15(20)22)26(24,25)19-12-5-3-9(17)7-11(12)18/h3-8,19H,1-2H3. The van der Waals surface area contributed by atoms with Crippen molar-refractivity contribution in [3.05, 3.63) is 67.9 Å². The fourth-order valence-electron chi connectivity index (χ4n) is 2.50. The lowest BCUT2D eigenvalue weighted by molar-refractivity contribution is 0.598. The van der Waals surface area contributed by atoms with E-state index in [2.05, 4.69) is 4.72 Å². The molecule has 0 fully saturated rings. The first-order valence-electron chi connectivity index (χ1n) is 7.29. The molecule has 136 valence electrons. The van der Waals surface area contributed by atoms with Gasteiger partial charge in [0.2, 0.25) is 0 Å². The molecule has 0 radical (unpaired) electrons. The van der Waals surface area contributed by atoms with E-state index in [1.54, 1.807) is 0 Å². The smallest absolute Gasteiger partial charge is 0.305 e. The van der Waals surface area contributed by atoms with Crippen LogP contribution in [0.25, 0.3) is 11.0 Å². The highest BCUT2D eigenvalue weighted by Crippen LogP contribution is 2.23. The number of anilines is 1. The maximum Gasteiger partial charge on any atom is 0.316 e. The molecule has 10 heteroatoms. The molecule has 0 unspecified atom stereocenters. The number of nitrogens with one attached hydrogen (secondary N) is 1. The van der Waals surface area contributed by atoms with Gasteiger partial charge in [-0.3, -0.25) is 14.3 Å². The molecular weight excluding hydrogens is 385 g/mol. The van der Waals surface area contributed by atoms with Crippen LogP contribution in [0.2, 0.25) is 5.02 Å². The summed E-state index contributed by atoms with van der Waals surface area (Å²) < 4.78 is 43.3. The van der Waals surface area contributed by atoms with E-state index in [4.69, 9.17) is 11.6 Å². The van der Waals surface area contributed by atoms with Gasteiger partial charge in [-0.25, -0.2) is 12.8 Å². The summed E-state index contributed by atoms with van der Waals surface area (Å²) >= 11 is 5.65. The van der Waals surface area contributed by atoms with E-state index < -0.39 is 27.0 Å². The Kier molecular flexibility index (Phi) is 4.37. The van der Waals surface area contributed by atoms with Gasteiger partial charge in [0, 0.05) is 19.1 Å². The third-order valence-electron chi connectivity index (χ3n) is 3.95. The Morgan fingerprint density at radius 2 is 1.58 bits per heavy atom. The van der Waals surface area contributed by atoms with Crippen molar-refractivity contribution in [1.82, 2.24) is 9.13 Å². The molecule has 2 aromatic carbocycles. The molecule has 0 spiro atoms. The van der Waals surface area contributed by atoms with Crippen LogP contribution in [0, 0.1) is 5.82 Å². The average molecular weight is 398 g/mol. The Labute approximate surface area is 152 Å². The lowest BCUT2D eigenvalue weighted by Gasteiger charge is -2.12. The normalized spacial score (nSPS) is 11.7. The molecule has 3 aromatic rings. The molecule has 1 heterocycles. The fourth-order valence-corrected chi connectivity index (χ4v) is 3.75.